The first-order valence-corrected chi connectivity index (χ1v) is 10.5. The third-order valence-electron chi connectivity index (χ3n) is 8.63. The quantitative estimate of drug-likeness (QED) is 0.576. The number of ketones is 1. The molecule has 0 saturated heterocycles. The molecular weight excluding hydrogens is 344 g/mol. The van der Waals surface area contributed by atoms with E-state index in [1.165, 1.54) is 0 Å². The van der Waals surface area contributed by atoms with Crippen LogP contribution in [0.4, 0.5) is 4.79 Å². The van der Waals surface area contributed by atoms with Crippen LogP contribution in [0.5, 0.6) is 0 Å². The van der Waals surface area contributed by atoms with Crippen molar-refractivity contribution in [1.29, 1.82) is 0 Å². The molecule has 1 N–H and O–H groups in total. The number of hydrogen-bond donors (Lipinski definition) is 1. The van der Waals surface area contributed by atoms with E-state index in [1.54, 1.807) is 13.0 Å². The largest absolute Gasteiger partial charge is 0.510 e. The monoisotopic (exact) mass is 376 g/mol. The summed E-state index contributed by atoms with van der Waals surface area (Å²) >= 11 is 0. The average Bonchev–Trinajstić information content (AvgIpc) is 2.87. The molecule has 7 atom stereocenters. The standard InChI is InChI=1S/C22H32O5/c1-4-26-19(24)27-22(25)12-9-18-16-6-5-14-13-15(23)7-10-20(14,2)17(16)8-11-21(18,22)3/h7,10,14,16-18,25H,4-6,8-9,11-13H2,1-3H3/t14?,16-,17+,18+,20+,21+,22+/m1/s1. The predicted molar refractivity (Wildman–Crippen MR) is 99.7 cm³/mol. The normalized spacial score (nSPS) is 48.4. The maximum absolute atomic E-state index is 11.9. The van der Waals surface area contributed by atoms with Crippen molar-refractivity contribution in [2.45, 2.75) is 71.5 Å². The Bertz CT molecular complexity index is 672. The number of carbonyl (C=O) groups excluding carboxylic acids is 2. The van der Waals surface area contributed by atoms with E-state index in [-0.39, 0.29) is 17.8 Å². The SMILES string of the molecule is CCOC(=O)O[C@@]1(O)CC[C@H]2[C@@H]3CCC4CC(=O)C=C[C@]4(C)[C@H]3CC[C@@]21C. The number of hydrogen-bond acceptors (Lipinski definition) is 5. The Hall–Kier alpha value is -1.36. The van der Waals surface area contributed by atoms with Crippen LogP contribution in [-0.4, -0.2) is 29.4 Å². The van der Waals surface area contributed by atoms with Crippen molar-refractivity contribution < 1.29 is 24.2 Å². The van der Waals surface area contributed by atoms with E-state index >= 15 is 0 Å². The summed E-state index contributed by atoms with van der Waals surface area (Å²) in [5.41, 5.74) is -0.362. The van der Waals surface area contributed by atoms with E-state index in [0.29, 0.717) is 36.5 Å². The molecule has 0 aromatic heterocycles. The lowest BCUT2D eigenvalue weighted by molar-refractivity contribution is -0.255. The highest BCUT2D eigenvalue weighted by molar-refractivity contribution is 5.91. The van der Waals surface area contributed by atoms with Crippen LogP contribution in [0.25, 0.3) is 0 Å². The van der Waals surface area contributed by atoms with E-state index in [9.17, 15) is 14.7 Å². The Morgan fingerprint density at radius 3 is 2.67 bits per heavy atom. The third kappa shape index (κ3) is 2.68. The van der Waals surface area contributed by atoms with Crippen LogP contribution in [0.1, 0.15) is 65.7 Å². The minimum absolute atomic E-state index is 0.0703. The Morgan fingerprint density at radius 1 is 1.19 bits per heavy atom. The first-order chi connectivity index (χ1) is 12.7. The van der Waals surface area contributed by atoms with Gasteiger partial charge in [0.1, 0.15) is 0 Å². The van der Waals surface area contributed by atoms with Gasteiger partial charge in [-0.05, 0) is 74.2 Å². The van der Waals surface area contributed by atoms with E-state index in [1.807, 2.05) is 0 Å². The van der Waals surface area contributed by atoms with Gasteiger partial charge >= 0.3 is 6.16 Å². The Labute approximate surface area is 161 Å². The van der Waals surface area contributed by atoms with Gasteiger partial charge in [-0.25, -0.2) is 4.79 Å². The van der Waals surface area contributed by atoms with Crippen molar-refractivity contribution in [2.24, 2.45) is 34.5 Å². The lowest BCUT2D eigenvalue weighted by Crippen LogP contribution is -2.57. The predicted octanol–water partition coefficient (Wildman–Crippen LogP) is 4.24. The van der Waals surface area contributed by atoms with Gasteiger partial charge < -0.3 is 14.6 Å². The van der Waals surface area contributed by atoms with Crippen molar-refractivity contribution in [3.05, 3.63) is 12.2 Å². The van der Waals surface area contributed by atoms with Gasteiger partial charge in [0.15, 0.2) is 5.78 Å². The van der Waals surface area contributed by atoms with E-state index < -0.39 is 17.4 Å². The van der Waals surface area contributed by atoms with Crippen LogP contribution >= 0.6 is 0 Å². The molecule has 3 saturated carbocycles. The van der Waals surface area contributed by atoms with Gasteiger partial charge in [0.05, 0.1) is 6.61 Å². The molecule has 0 aromatic rings. The van der Waals surface area contributed by atoms with Crippen LogP contribution in [0.15, 0.2) is 12.2 Å². The molecule has 5 heteroatoms. The highest BCUT2D eigenvalue weighted by Gasteiger charge is 2.66. The number of fused-ring (bicyclic) bond motifs is 5. The highest BCUT2D eigenvalue weighted by Crippen LogP contribution is 2.67. The first-order valence-electron chi connectivity index (χ1n) is 10.5. The maximum Gasteiger partial charge on any atom is 0.510 e. The third-order valence-corrected chi connectivity index (χ3v) is 8.63. The lowest BCUT2D eigenvalue weighted by atomic mass is 9.46. The molecule has 4 aliphatic carbocycles. The van der Waals surface area contributed by atoms with E-state index in [2.05, 4.69) is 19.9 Å². The molecule has 27 heavy (non-hydrogen) atoms. The fourth-order valence-electron chi connectivity index (χ4n) is 7.06. The lowest BCUT2D eigenvalue weighted by Gasteiger charge is -2.59. The second-order valence-corrected chi connectivity index (χ2v) is 9.59. The van der Waals surface area contributed by atoms with Gasteiger partial charge in [0.2, 0.25) is 5.79 Å². The Balaban J connectivity index is 1.60. The molecule has 0 heterocycles. The van der Waals surface area contributed by atoms with Gasteiger partial charge in [-0.2, -0.15) is 0 Å². The van der Waals surface area contributed by atoms with E-state index in [4.69, 9.17) is 9.47 Å². The summed E-state index contributed by atoms with van der Waals surface area (Å²) in [5.74, 6) is 0.627. The van der Waals surface area contributed by atoms with Crippen LogP contribution in [-0.2, 0) is 14.3 Å². The highest BCUT2D eigenvalue weighted by atomic mass is 16.8. The average molecular weight is 376 g/mol. The summed E-state index contributed by atoms with van der Waals surface area (Å²) < 4.78 is 10.4. The molecule has 3 fully saturated rings. The number of ether oxygens (including phenoxy) is 2. The summed E-state index contributed by atoms with van der Waals surface area (Å²) in [6.45, 7) is 6.40. The number of rotatable bonds is 2. The Kier molecular flexibility index (Phi) is 4.45. The molecule has 0 spiro atoms. The summed E-state index contributed by atoms with van der Waals surface area (Å²) in [7, 11) is 0. The summed E-state index contributed by atoms with van der Waals surface area (Å²) in [5, 5.41) is 11.3. The first kappa shape index (κ1) is 19.0. The van der Waals surface area contributed by atoms with Crippen molar-refractivity contribution in [3.8, 4) is 0 Å². The number of carbonyl (C=O) groups is 2. The Morgan fingerprint density at radius 2 is 1.93 bits per heavy atom. The second-order valence-electron chi connectivity index (χ2n) is 9.59. The second kappa shape index (κ2) is 6.33. The molecule has 5 nitrogen and oxygen atoms in total. The molecule has 0 aliphatic heterocycles. The zero-order chi connectivity index (χ0) is 19.4. The number of allylic oxidation sites excluding steroid dienone is 2. The van der Waals surface area contributed by atoms with Gasteiger partial charge in [0, 0.05) is 18.3 Å². The fourth-order valence-corrected chi connectivity index (χ4v) is 7.06. The van der Waals surface area contributed by atoms with Gasteiger partial charge in [-0.3, -0.25) is 4.79 Å². The topological polar surface area (TPSA) is 72.8 Å². The van der Waals surface area contributed by atoms with Crippen LogP contribution in [0.3, 0.4) is 0 Å². The zero-order valence-corrected chi connectivity index (χ0v) is 16.7. The molecule has 0 radical (unpaired) electrons. The van der Waals surface area contributed by atoms with Crippen LogP contribution < -0.4 is 0 Å². The molecule has 0 bridgehead atoms. The molecule has 150 valence electrons. The van der Waals surface area contributed by atoms with Crippen LogP contribution in [0.2, 0.25) is 0 Å². The van der Waals surface area contributed by atoms with Crippen molar-refractivity contribution in [3.63, 3.8) is 0 Å². The van der Waals surface area contributed by atoms with Crippen LogP contribution in [0, 0.1) is 34.5 Å². The van der Waals surface area contributed by atoms with Gasteiger partial charge in [-0.1, -0.05) is 19.9 Å². The minimum Gasteiger partial charge on any atom is -0.435 e. The van der Waals surface area contributed by atoms with Crippen molar-refractivity contribution >= 4 is 11.9 Å². The summed E-state index contributed by atoms with van der Waals surface area (Å²) in [6, 6.07) is 0. The van der Waals surface area contributed by atoms with Crippen molar-refractivity contribution in [1.82, 2.24) is 0 Å². The number of aliphatic hydroxyl groups is 1. The molecule has 0 amide bonds. The van der Waals surface area contributed by atoms with Crippen molar-refractivity contribution in [2.75, 3.05) is 6.61 Å². The molecular formula is C22H32O5. The fraction of sp³-hybridized carbons (Fsp3) is 0.818. The molecule has 4 rings (SSSR count). The summed E-state index contributed by atoms with van der Waals surface area (Å²) in [4.78, 5) is 23.8. The molecule has 4 aliphatic rings. The zero-order valence-electron chi connectivity index (χ0n) is 16.7. The smallest absolute Gasteiger partial charge is 0.435 e. The maximum atomic E-state index is 11.9. The minimum atomic E-state index is -1.44. The van der Waals surface area contributed by atoms with E-state index in [0.717, 1.165) is 32.1 Å². The molecule has 1 unspecified atom stereocenters. The summed E-state index contributed by atoms with van der Waals surface area (Å²) in [6.07, 6.45) is 9.22. The van der Waals surface area contributed by atoms with Gasteiger partial charge in [0.25, 0.3) is 0 Å². The van der Waals surface area contributed by atoms with Gasteiger partial charge in [-0.15, -0.1) is 0 Å². The molecule has 0 aromatic carbocycles.